The third kappa shape index (κ3) is 3.51. The molecule has 0 saturated heterocycles. The molecule has 0 fully saturated rings. The number of rotatable bonds is 3. The van der Waals surface area contributed by atoms with Crippen LogP contribution in [0.3, 0.4) is 0 Å². The molecule has 0 bridgehead atoms. The minimum absolute atomic E-state index is 0.382. The van der Waals surface area contributed by atoms with Crippen molar-refractivity contribution in [1.29, 1.82) is 5.26 Å². The van der Waals surface area contributed by atoms with E-state index in [0.29, 0.717) is 37.5 Å². The molecule has 0 aliphatic heterocycles. The Kier molecular flexibility index (Phi) is 5.14. The summed E-state index contributed by atoms with van der Waals surface area (Å²) in [5.74, 6) is 0.409. The maximum Gasteiger partial charge on any atom is 0.156 e. The zero-order chi connectivity index (χ0) is 15.4. The Bertz CT molecular complexity index is 724. The second-order valence-corrected chi connectivity index (χ2v) is 5.39. The number of halogens is 3. The summed E-state index contributed by atoms with van der Waals surface area (Å²) in [5.41, 5.74) is 1.78. The highest BCUT2D eigenvalue weighted by Crippen LogP contribution is 2.35. The van der Waals surface area contributed by atoms with Gasteiger partial charge in [-0.3, -0.25) is 0 Å². The first kappa shape index (κ1) is 15.7. The molecule has 0 saturated carbocycles. The number of nitrogens with zero attached hydrogens (tertiary/aromatic N) is 1. The van der Waals surface area contributed by atoms with E-state index in [4.69, 9.17) is 39.5 Å². The van der Waals surface area contributed by atoms with Gasteiger partial charge in [-0.1, -0.05) is 53.0 Å². The molecule has 2 aromatic carbocycles. The fourth-order valence-electron chi connectivity index (χ4n) is 1.87. The zero-order valence-electron chi connectivity index (χ0n) is 11.0. The van der Waals surface area contributed by atoms with E-state index in [9.17, 15) is 5.26 Å². The molecule has 0 amide bonds. The second kappa shape index (κ2) is 6.87. The Balaban J connectivity index is 2.52. The van der Waals surface area contributed by atoms with Gasteiger partial charge in [0, 0.05) is 10.6 Å². The number of nitriles is 1. The summed E-state index contributed by atoms with van der Waals surface area (Å²) in [6.45, 7) is 0. The highest BCUT2D eigenvalue weighted by molar-refractivity contribution is 6.37. The van der Waals surface area contributed by atoms with Crippen molar-refractivity contribution in [3.63, 3.8) is 0 Å². The van der Waals surface area contributed by atoms with Crippen LogP contribution in [0.1, 0.15) is 11.1 Å². The molecule has 0 aliphatic rings. The van der Waals surface area contributed by atoms with Gasteiger partial charge in [-0.15, -0.1) is 0 Å². The van der Waals surface area contributed by atoms with E-state index in [-0.39, 0.29) is 0 Å². The molecule has 0 aliphatic carbocycles. The molecule has 0 radical (unpaired) electrons. The highest BCUT2D eigenvalue weighted by atomic mass is 35.5. The average molecular weight is 339 g/mol. The topological polar surface area (TPSA) is 33.0 Å². The van der Waals surface area contributed by atoms with Gasteiger partial charge in [0.25, 0.3) is 0 Å². The van der Waals surface area contributed by atoms with Crippen LogP contribution in [0, 0.1) is 11.3 Å². The Morgan fingerprint density at radius 2 is 1.71 bits per heavy atom. The van der Waals surface area contributed by atoms with Gasteiger partial charge in [0.2, 0.25) is 0 Å². The molecular formula is C16H10Cl3NO. The van der Waals surface area contributed by atoms with E-state index in [2.05, 4.69) is 6.07 Å². The molecule has 0 heterocycles. The molecule has 0 unspecified atom stereocenters. The first-order valence-electron chi connectivity index (χ1n) is 5.96. The molecule has 5 heteroatoms. The van der Waals surface area contributed by atoms with Crippen LogP contribution in [0.25, 0.3) is 11.6 Å². The number of ether oxygens (including phenoxy) is 1. The summed E-state index contributed by atoms with van der Waals surface area (Å²) < 4.78 is 5.10. The summed E-state index contributed by atoms with van der Waals surface area (Å²) in [4.78, 5) is 0. The van der Waals surface area contributed by atoms with Crippen LogP contribution < -0.4 is 4.74 Å². The first-order chi connectivity index (χ1) is 10.1. The van der Waals surface area contributed by atoms with Gasteiger partial charge < -0.3 is 4.74 Å². The van der Waals surface area contributed by atoms with Crippen molar-refractivity contribution in [2.24, 2.45) is 0 Å². The van der Waals surface area contributed by atoms with Crippen molar-refractivity contribution in [3.8, 4) is 11.8 Å². The molecule has 0 aromatic heterocycles. The van der Waals surface area contributed by atoms with Crippen LogP contribution in [0.2, 0.25) is 15.1 Å². The molecule has 2 aromatic rings. The average Bonchev–Trinajstić information content (AvgIpc) is 2.45. The summed E-state index contributed by atoms with van der Waals surface area (Å²) in [5, 5.41) is 10.6. The quantitative estimate of drug-likeness (QED) is 0.529. The van der Waals surface area contributed by atoms with E-state index >= 15 is 0 Å². The van der Waals surface area contributed by atoms with Gasteiger partial charge in [0.15, 0.2) is 5.75 Å². The Morgan fingerprint density at radius 1 is 1.10 bits per heavy atom. The lowest BCUT2D eigenvalue weighted by molar-refractivity contribution is 0.415. The van der Waals surface area contributed by atoms with Gasteiger partial charge in [0.1, 0.15) is 0 Å². The van der Waals surface area contributed by atoms with Crippen molar-refractivity contribution < 1.29 is 4.74 Å². The van der Waals surface area contributed by atoms with Crippen molar-refractivity contribution >= 4 is 46.5 Å². The van der Waals surface area contributed by atoms with Gasteiger partial charge in [0.05, 0.1) is 28.8 Å². The van der Waals surface area contributed by atoms with Gasteiger partial charge >= 0.3 is 0 Å². The summed E-state index contributed by atoms with van der Waals surface area (Å²) in [6.07, 6.45) is 1.68. The first-order valence-corrected chi connectivity index (χ1v) is 7.10. The number of allylic oxidation sites excluding steroid dienone is 1. The number of hydrogen-bond donors (Lipinski definition) is 0. The fraction of sp³-hybridized carbons (Fsp3) is 0.0625. The maximum atomic E-state index is 9.34. The van der Waals surface area contributed by atoms with Gasteiger partial charge in [-0.2, -0.15) is 5.26 Å². The lowest BCUT2D eigenvalue weighted by atomic mass is 10.0. The van der Waals surface area contributed by atoms with Crippen LogP contribution >= 0.6 is 34.8 Å². The normalized spacial score (nSPS) is 11.1. The predicted octanol–water partition coefficient (Wildman–Crippen LogP) is 5.72. The fourth-order valence-corrected chi connectivity index (χ4v) is 2.77. The van der Waals surface area contributed by atoms with Crippen molar-refractivity contribution in [1.82, 2.24) is 0 Å². The van der Waals surface area contributed by atoms with E-state index in [1.807, 2.05) is 12.1 Å². The largest absolute Gasteiger partial charge is 0.494 e. The Hall–Kier alpha value is -1.66. The summed E-state index contributed by atoms with van der Waals surface area (Å²) in [7, 11) is 1.49. The molecule has 0 spiro atoms. The number of benzene rings is 2. The lowest BCUT2D eigenvalue weighted by Crippen LogP contribution is -1.88. The van der Waals surface area contributed by atoms with Gasteiger partial charge in [-0.25, -0.2) is 0 Å². The number of hydrogen-bond acceptors (Lipinski definition) is 2. The maximum absolute atomic E-state index is 9.34. The molecule has 106 valence electrons. The predicted molar refractivity (Wildman–Crippen MR) is 88.0 cm³/mol. The van der Waals surface area contributed by atoms with Crippen molar-refractivity contribution in [2.45, 2.75) is 0 Å². The van der Waals surface area contributed by atoms with Crippen LogP contribution in [-0.2, 0) is 0 Å². The van der Waals surface area contributed by atoms with Crippen LogP contribution in [0.4, 0.5) is 0 Å². The van der Waals surface area contributed by atoms with Crippen molar-refractivity contribution in [3.05, 3.63) is 62.6 Å². The summed E-state index contributed by atoms with van der Waals surface area (Å²) in [6, 6.07) is 12.6. The Labute approximate surface area is 138 Å². The van der Waals surface area contributed by atoms with Crippen LogP contribution in [-0.4, -0.2) is 7.11 Å². The van der Waals surface area contributed by atoms with Crippen LogP contribution in [0.5, 0.6) is 5.75 Å². The minimum Gasteiger partial charge on any atom is -0.494 e. The minimum atomic E-state index is 0.382. The molecule has 0 N–H and O–H groups in total. The van der Waals surface area contributed by atoms with E-state index in [0.717, 1.165) is 0 Å². The zero-order valence-corrected chi connectivity index (χ0v) is 13.3. The monoisotopic (exact) mass is 337 g/mol. The molecule has 2 nitrogen and oxygen atoms in total. The lowest BCUT2D eigenvalue weighted by Gasteiger charge is -2.07. The smallest absolute Gasteiger partial charge is 0.156 e. The molecule has 0 atom stereocenters. The Morgan fingerprint density at radius 3 is 2.24 bits per heavy atom. The molecule has 2 rings (SSSR count). The molecule has 21 heavy (non-hydrogen) atoms. The molecular weight excluding hydrogens is 329 g/mol. The van der Waals surface area contributed by atoms with E-state index in [1.54, 1.807) is 30.3 Å². The van der Waals surface area contributed by atoms with E-state index in [1.165, 1.54) is 7.11 Å². The van der Waals surface area contributed by atoms with Crippen molar-refractivity contribution in [2.75, 3.05) is 7.11 Å². The SMILES string of the molecule is COc1c(Cl)cc(C=C(C#N)c2ccccc2Cl)cc1Cl. The third-order valence-electron chi connectivity index (χ3n) is 2.82. The summed E-state index contributed by atoms with van der Waals surface area (Å²) >= 11 is 18.3. The van der Waals surface area contributed by atoms with Crippen LogP contribution in [0.15, 0.2) is 36.4 Å². The van der Waals surface area contributed by atoms with Gasteiger partial charge in [-0.05, 0) is 29.8 Å². The second-order valence-electron chi connectivity index (χ2n) is 4.17. The third-order valence-corrected chi connectivity index (χ3v) is 3.71. The standard InChI is InChI=1S/C16H10Cl3NO/c1-21-16-14(18)7-10(8-15(16)19)6-11(9-20)12-4-2-3-5-13(12)17/h2-8H,1H3. The number of methoxy groups -OCH3 is 1. The highest BCUT2D eigenvalue weighted by Gasteiger charge is 2.10. The van der Waals surface area contributed by atoms with E-state index < -0.39 is 0 Å².